The van der Waals surface area contributed by atoms with Crippen LogP contribution in [0.3, 0.4) is 0 Å². The van der Waals surface area contributed by atoms with E-state index in [2.05, 4.69) is 32.0 Å². The molecular weight excluding hydrogens is 242 g/mol. The van der Waals surface area contributed by atoms with Crippen LogP contribution in [0.1, 0.15) is 11.1 Å². The van der Waals surface area contributed by atoms with Crippen molar-refractivity contribution in [1.82, 2.24) is 9.97 Å². The molecule has 0 atom stereocenters. The first kappa shape index (κ1) is 9.22. The fourth-order valence-corrected chi connectivity index (χ4v) is 2.04. The second-order valence-electron chi connectivity index (χ2n) is 2.97. The van der Waals surface area contributed by atoms with Crippen LogP contribution in [0.15, 0.2) is 18.5 Å². The summed E-state index contributed by atoms with van der Waals surface area (Å²) in [7, 11) is 0. The highest BCUT2D eigenvalue weighted by molar-refractivity contribution is 9.08. The average Bonchev–Trinajstić information content (AvgIpc) is 2.67. The molecule has 0 aliphatic rings. The number of alkyl halides is 1. The molecule has 4 heteroatoms. The highest BCUT2D eigenvalue weighted by Gasteiger charge is 2.08. The molecule has 0 radical (unpaired) electrons. The fraction of sp³-hybridized carbons (Fsp3) is 0.200. The fourth-order valence-electron chi connectivity index (χ4n) is 1.51. The second kappa shape index (κ2) is 3.81. The van der Waals surface area contributed by atoms with Crippen molar-refractivity contribution >= 4 is 27.0 Å². The van der Waals surface area contributed by atoms with Gasteiger partial charge in [0.15, 0.2) is 0 Å². The highest BCUT2D eigenvalue weighted by Crippen LogP contribution is 2.21. The van der Waals surface area contributed by atoms with E-state index in [1.54, 1.807) is 6.33 Å². The molecule has 2 rings (SSSR count). The molecule has 1 N–H and O–H groups in total. The van der Waals surface area contributed by atoms with E-state index in [9.17, 15) is 0 Å². The van der Waals surface area contributed by atoms with Crippen molar-refractivity contribution in [2.24, 2.45) is 0 Å². The molecule has 0 saturated heterocycles. The number of nitrogens with one attached hydrogen (secondary N) is 1. The molecule has 3 nitrogen and oxygen atoms in total. The van der Waals surface area contributed by atoms with Crippen LogP contribution in [0.4, 0.5) is 0 Å². The van der Waals surface area contributed by atoms with Crippen LogP contribution in [-0.4, -0.2) is 9.97 Å². The molecule has 0 fully saturated rings. The summed E-state index contributed by atoms with van der Waals surface area (Å²) in [6, 6.07) is 6.17. The first-order valence-corrected chi connectivity index (χ1v) is 5.35. The van der Waals surface area contributed by atoms with Crippen molar-refractivity contribution in [2.45, 2.75) is 11.8 Å². The van der Waals surface area contributed by atoms with Gasteiger partial charge in [-0.25, -0.2) is 4.98 Å². The SMILES string of the molecule is N#CCc1c(CBr)ccc2[nH]cnc12. The van der Waals surface area contributed by atoms with E-state index in [-0.39, 0.29) is 0 Å². The number of benzene rings is 1. The minimum atomic E-state index is 0.406. The molecule has 1 aromatic heterocycles. The lowest BCUT2D eigenvalue weighted by atomic mass is 10.0. The minimum Gasteiger partial charge on any atom is -0.345 e. The summed E-state index contributed by atoms with van der Waals surface area (Å²) in [6.45, 7) is 0. The monoisotopic (exact) mass is 249 g/mol. The molecule has 0 amide bonds. The van der Waals surface area contributed by atoms with E-state index in [1.807, 2.05) is 12.1 Å². The summed E-state index contributed by atoms with van der Waals surface area (Å²) in [5.41, 5.74) is 4.04. The van der Waals surface area contributed by atoms with E-state index in [1.165, 1.54) is 0 Å². The minimum absolute atomic E-state index is 0.406. The number of nitriles is 1. The number of halogens is 1. The van der Waals surface area contributed by atoms with Gasteiger partial charge in [0, 0.05) is 5.33 Å². The van der Waals surface area contributed by atoms with Crippen molar-refractivity contribution in [3.05, 3.63) is 29.6 Å². The van der Waals surface area contributed by atoms with Gasteiger partial charge >= 0.3 is 0 Å². The second-order valence-corrected chi connectivity index (χ2v) is 3.53. The van der Waals surface area contributed by atoms with Crippen molar-refractivity contribution in [3.63, 3.8) is 0 Å². The Morgan fingerprint density at radius 1 is 1.50 bits per heavy atom. The lowest BCUT2D eigenvalue weighted by Crippen LogP contribution is -1.92. The van der Waals surface area contributed by atoms with Crippen LogP contribution in [-0.2, 0) is 11.8 Å². The molecule has 70 valence electrons. The van der Waals surface area contributed by atoms with Crippen LogP contribution < -0.4 is 0 Å². The molecule has 0 saturated carbocycles. The third kappa shape index (κ3) is 1.40. The average molecular weight is 250 g/mol. The van der Waals surface area contributed by atoms with E-state index in [0.29, 0.717) is 6.42 Å². The standard InChI is InChI=1S/C10H8BrN3/c11-5-7-1-2-9-10(14-6-13-9)8(7)3-4-12/h1-2,6H,3,5H2,(H,13,14). The maximum atomic E-state index is 8.73. The Bertz CT molecular complexity index is 496. The summed E-state index contributed by atoms with van der Waals surface area (Å²) in [5, 5.41) is 9.49. The largest absolute Gasteiger partial charge is 0.345 e. The smallest absolute Gasteiger partial charge is 0.0932 e. The number of aromatic nitrogens is 2. The van der Waals surface area contributed by atoms with Crippen LogP contribution in [0.25, 0.3) is 11.0 Å². The Kier molecular flexibility index (Phi) is 2.51. The van der Waals surface area contributed by atoms with E-state index < -0.39 is 0 Å². The summed E-state index contributed by atoms with van der Waals surface area (Å²) in [5.74, 6) is 0. The van der Waals surface area contributed by atoms with Gasteiger partial charge in [-0.3, -0.25) is 0 Å². The van der Waals surface area contributed by atoms with Crippen LogP contribution in [0.2, 0.25) is 0 Å². The number of nitrogens with zero attached hydrogens (tertiary/aromatic N) is 2. The van der Waals surface area contributed by atoms with Crippen LogP contribution >= 0.6 is 15.9 Å². The lowest BCUT2D eigenvalue weighted by Gasteiger charge is -2.03. The maximum Gasteiger partial charge on any atom is 0.0932 e. The van der Waals surface area contributed by atoms with Gasteiger partial charge in [0.05, 0.1) is 29.9 Å². The quantitative estimate of drug-likeness (QED) is 0.832. The number of aromatic amines is 1. The Balaban J connectivity index is 2.70. The molecule has 1 heterocycles. The molecule has 0 unspecified atom stereocenters. The van der Waals surface area contributed by atoms with Crippen molar-refractivity contribution in [2.75, 3.05) is 0 Å². The van der Waals surface area contributed by atoms with Gasteiger partial charge in [-0.05, 0) is 17.2 Å². The Morgan fingerprint density at radius 3 is 3.07 bits per heavy atom. The predicted octanol–water partition coefficient (Wildman–Crippen LogP) is 2.52. The van der Waals surface area contributed by atoms with E-state index in [0.717, 1.165) is 27.5 Å². The number of imidazole rings is 1. The zero-order valence-corrected chi connectivity index (χ0v) is 9.00. The van der Waals surface area contributed by atoms with Gasteiger partial charge in [0.1, 0.15) is 0 Å². The Morgan fingerprint density at radius 2 is 2.36 bits per heavy atom. The molecule has 0 aliphatic carbocycles. The molecule has 2 aromatic rings. The van der Waals surface area contributed by atoms with Gasteiger partial charge in [-0.15, -0.1) is 0 Å². The normalized spacial score (nSPS) is 10.3. The number of H-pyrrole nitrogens is 1. The van der Waals surface area contributed by atoms with E-state index in [4.69, 9.17) is 5.26 Å². The van der Waals surface area contributed by atoms with E-state index >= 15 is 0 Å². The van der Waals surface area contributed by atoms with Crippen molar-refractivity contribution in [3.8, 4) is 6.07 Å². The van der Waals surface area contributed by atoms with Crippen LogP contribution in [0, 0.1) is 11.3 Å². The molecule has 0 bridgehead atoms. The van der Waals surface area contributed by atoms with Gasteiger partial charge < -0.3 is 4.98 Å². The number of hydrogen-bond donors (Lipinski definition) is 1. The zero-order chi connectivity index (χ0) is 9.97. The third-order valence-electron chi connectivity index (χ3n) is 2.19. The van der Waals surface area contributed by atoms with Crippen molar-refractivity contribution in [1.29, 1.82) is 5.26 Å². The van der Waals surface area contributed by atoms with Gasteiger partial charge in [-0.2, -0.15) is 5.26 Å². The first-order chi connectivity index (χ1) is 6.86. The topological polar surface area (TPSA) is 52.5 Å². The zero-order valence-electron chi connectivity index (χ0n) is 7.42. The third-order valence-corrected chi connectivity index (χ3v) is 2.80. The number of hydrogen-bond acceptors (Lipinski definition) is 2. The number of rotatable bonds is 2. The molecule has 0 aliphatic heterocycles. The summed E-state index contributed by atoms with van der Waals surface area (Å²) < 4.78 is 0. The van der Waals surface area contributed by atoms with Gasteiger partial charge in [0.2, 0.25) is 0 Å². The summed E-state index contributed by atoms with van der Waals surface area (Å²) in [4.78, 5) is 7.25. The molecular formula is C10H8BrN3. The van der Waals surface area contributed by atoms with Gasteiger partial charge in [0.25, 0.3) is 0 Å². The lowest BCUT2D eigenvalue weighted by molar-refractivity contribution is 1.21. The predicted molar refractivity (Wildman–Crippen MR) is 58.0 cm³/mol. The molecule has 0 spiro atoms. The summed E-state index contributed by atoms with van der Waals surface area (Å²) in [6.07, 6.45) is 2.06. The Labute approximate surface area is 89.9 Å². The molecule has 14 heavy (non-hydrogen) atoms. The maximum absolute atomic E-state index is 8.73. The molecule has 1 aromatic carbocycles. The number of fused-ring (bicyclic) bond motifs is 1. The Hall–Kier alpha value is -1.34. The highest BCUT2D eigenvalue weighted by atomic mass is 79.9. The first-order valence-electron chi connectivity index (χ1n) is 4.23. The summed E-state index contributed by atoms with van der Waals surface area (Å²) >= 11 is 3.40. The van der Waals surface area contributed by atoms with Crippen LogP contribution in [0.5, 0.6) is 0 Å². The van der Waals surface area contributed by atoms with Gasteiger partial charge in [-0.1, -0.05) is 22.0 Å². The van der Waals surface area contributed by atoms with Crippen molar-refractivity contribution < 1.29 is 0 Å².